The van der Waals surface area contributed by atoms with E-state index in [1.54, 1.807) is 6.20 Å². The van der Waals surface area contributed by atoms with E-state index in [9.17, 15) is 0 Å². The van der Waals surface area contributed by atoms with E-state index in [-0.39, 0.29) is 0 Å². The van der Waals surface area contributed by atoms with E-state index in [0.717, 1.165) is 12.1 Å². The highest BCUT2D eigenvalue weighted by molar-refractivity contribution is 5.97. The van der Waals surface area contributed by atoms with Crippen molar-refractivity contribution in [1.29, 1.82) is 0 Å². The van der Waals surface area contributed by atoms with Crippen molar-refractivity contribution in [3.63, 3.8) is 0 Å². The Balaban J connectivity index is 4.54. The van der Waals surface area contributed by atoms with Gasteiger partial charge in [0.25, 0.3) is 0 Å². The predicted octanol–water partition coefficient (Wildman–Crippen LogP) is 3.58. The minimum Gasteiger partial charge on any atom is -0.262 e. The first-order valence-electron chi connectivity index (χ1n) is 4.47. The van der Waals surface area contributed by atoms with E-state index in [1.165, 1.54) is 5.57 Å². The van der Waals surface area contributed by atoms with Crippen molar-refractivity contribution in [3.8, 4) is 0 Å². The molecule has 0 saturated heterocycles. The van der Waals surface area contributed by atoms with Crippen LogP contribution in [0.1, 0.15) is 34.1 Å². The Bertz CT molecular complexity index is 197. The molecule has 0 spiro atoms. The summed E-state index contributed by atoms with van der Waals surface area (Å²) in [4.78, 5) is 4.22. The van der Waals surface area contributed by atoms with Crippen molar-refractivity contribution in [2.45, 2.75) is 34.1 Å². The van der Waals surface area contributed by atoms with Crippen LogP contribution < -0.4 is 0 Å². The van der Waals surface area contributed by atoms with Gasteiger partial charge >= 0.3 is 0 Å². The van der Waals surface area contributed by atoms with Crippen molar-refractivity contribution >= 4 is 5.71 Å². The second-order valence-corrected chi connectivity index (χ2v) is 3.24. The standard InChI is InChI=1S/C11H19N/c1-6-10(5)8-11(9(3)4)12-7-2/h7-9H,2,6H2,1,3-5H3/b10-8+,12-11?. The Labute approximate surface area is 75.9 Å². The minimum absolute atomic E-state index is 0.476. The van der Waals surface area contributed by atoms with E-state index in [4.69, 9.17) is 0 Å². The van der Waals surface area contributed by atoms with Gasteiger partial charge in [-0.1, -0.05) is 32.9 Å². The lowest BCUT2D eigenvalue weighted by molar-refractivity contribution is 0.886. The second kappa shape index (κ2) is 5.76. The summed E-state index contributed by atoms with van der Waals surface area (Å²) < 4.78 is 0. The minimum atomic E-state index is 0.476. The normalized spacial score (nSPS) is 13.8. The zero-order chi connectivity index (χ0) is 9.56. The molecule has 0 aromatic heterocycles. The van der Waals surface area contributed by atoms with Gasteiger partial charge in [-0.25, -0.2) is 0 Å². The monoisotopic (exact) mass is 165 g/mol. The predicted molar refractivity (Wildman–Crippen MR) is 56.5 cm³/mol. The van der Waals surface area contributed by atoms with Crippen LogP contribution in [0.4, 0.5) is 0 Å². The first-order chi connectivity index (χ1) is 5.61. The third-order valence-electron chi connectivity index (χ3n) is 1.78. The number of aliphatic imine (C=N–C) groups is 1. The molecular weight excluding hydrogens is 146 g/mol. The lowest BCUT2D eigenvalue weighted by Crippen LogP contribution is -2.03. The fraction of sp³-hybridized carbons (Fsp3) is 0.545. The van der Waals surface area contributed by atoms with Crippen LogP contribution in [0.3, 0.4) is 0 Å². The summed E-state index contributed by atoms with van der Waals surface area (Å²) in [7, 11) is 0. The van der Waals surface area contributed by atoms with Gasteiger partial charge < -0.3 is 0 Å². The van der Waals surface area contributed by atoms with Gasteiger partial charge in [-0.3, -0.25) is 4.99 Å². The van der Waals surface area contributed by atoms with Gasteiger partial charge in [-0.15, -0.1) is 0 Å². The Kier molecular flexibility index (Phi) is 5.35. The first kappa shape index (κ1) is 11.2. The largest absolute Gasteiger partial charge is 0.262 e. The van der Waals surface area contributed by atoms with Gasteiger partial charge in [-0.05, 0) is 25.3 Å². The zero-order valence-corrected chi connectivity index (χ0v) is 8.59. The molecule has 0 amide bonds. The van der Waals surface area contributed by atoms with Gasteiger partial charge in [-0.2, -0.15) is 0 Å². The topological polar surface area (TPSA) is 12.4 Å². The van der Waals surface area contributed by atoms with Gasteiger partial charge in [0.05, 0.1) is 0 Å². The van der Waals surface area contributed by atoms with Crippen LogP contribution in [0.15, 0.2) is 29.4 Å². The maximum absolute atomic E-state index is 4.22. The fourth-order valence-corrected chi connectivity index (χ4v) is 0.813. The molecule has 0 aliphatic rings. The molecule has 0 aliphatic heterocycles. The molecule has 0 aromatic rings. The highest BCUT2D eigenvalue weighted by atomic mass is 14.7. The van der Waals surface area contributed by atoms with Crippen LogP contribution in [0.5, 0.6) is 0 Å². The quantitative estimate of drug-likeness (QED) is 0.564. The Morgan fingerprint density at radius 2 is 2.08 bits per heavy atom. The summed E-state index contributed by atoms with van der Waals surface area (Å²) in [6, 6.07) is 0. The summed E-state index contributed by atoms with van der Waals surface area (Å²) >= 11 is 0. The highest BCUT2D eigenvalue weighted by Crippen LogP contribution is 2.05. The van der Waals surface area contributed by atoms with Crippen LogP contribution in [0.2, 0.25) is 0 Å². The van der Waals surface area contributed by atoms with Crippen molar-refractivity contribution in [1.82, 2.24) is 0 Å². The number of nitrogens with zero attached hydrogens (tertiary/aromatic N) is 1. The van der Waals surface area contributed by atoms with Crippen LogP contribution in [-0.2, 0) is 0 Å². The third kappa shape index (κ3) is 4.12. The smallest absolute Gasteiger partial charge is 0.0428 e. The van der Waals surface area contributed by atoms with E-state index in [0.29, 0.717) is 5.92 Å². The molecular formula is C11H19N. The molecule has 0 saturated carbocycles. The molecule has 0 aromatic carbocycles. The maximum Gasteiger partial charge on any atom is 0.0428 e. The molecule has 0 N–H and O–H groups in total. The highest BCUT2D eigenvalue weighted by Gasteiger charge is 2.00. The van der Waals surface area contributed by atoms with Crippen molar-refractivity contribution < 1.29 is 0 Å². The summed E-state index contributed by atoms with van der Waals surface area (Å²) in [5.74, 6) is 0.476. The molecule has 68 valence electrons. The Morgan fingerprint density at radius 3 is 2.42 bits per heavy atom. The summed E-state index contributed by atoms with van der Waals surface area (Å²) in [6.07, 6.45) is 4.84. The van der Waals surface area contributed by atoms with Crippen molar-refractivity contribution in [2.24, 2.45) is 10.9 Å². The number of allylic oxidation sites excluding steroid dienone is 2. The molecule has 0 heterocycles. The molecule has 0 atom stereocenters. The van der Waals surface area contributed by atoms with Crippen molar-refractivity contribution in [2.75, 3.05) is 0 Å². The average molecular weight is 165 g/mol. The van der Waals surface area contributed by atoms with Crippen LogP contribution in [-0.4, -0.2) is 5.71 Å². The van der Waals surface area contributed by atoms with Crippen LogP contribution in [0, 0.1) is 5.92 Å². The molecule has 0 fully saturated rings. The Hall–Kier alpha value is -0.850. The van der Waals surface area contributed by atoms with Gasteiger partial charge in [0, 0.05) is 11.9 Å². The van der Waals surface area contributed by atoms with Crippen LogP contribution >= 0.6 is 0 Å². The molecule has 0 radical (unpaired) electrons. The van der Waals surface area contributed by atoms with E-state index < -0.39 is 0 Å². The molecule has 12 heavy (non-hydrogen) atoms. The fourth-order valence-electron chi connectivity index (χ4n) is 0.813. The zero-order valence-electron chi connectivity index (χ0n) is 8.59. The van der Waals surface area contributed by atoms with Gasteiger partial charge in [0.2, 0.25) is 0 Å². The second-order valence-electron chi connectivity index (χ2n) is 3.24. The van der Waals surface area contributed by atoms with E-state index >= 15 is 0 Å². The molecule has 0 unspecified atom stereocenters. The lowest BCUT2D eigenvalue weighted by Gasteiger charge is -2.05. The Morgan fingerprint density at radius 1 is 1.50 bits per heavy atom. The van der Waals surface area contributed by atoms with E-state index in [1.807, 2.05) is 0 Å². The summed E-state index contributed by atoms with van der Waals surface area (Å²) in [5.41, 5.74) is 2.48. The summed E-state index contributed by atoms with van der Waals surface area (Å²) in [6.45, 7) is 12.2. The molecule has 1 nitrogen and oxygen atoms in total. The SMILES string of the molecule is C=CN=C(/C=C(\C)CC)C(C)C. The molecule has 0 rings (SSSR count). The van der Waals surface area contributed by atoms with E-state index in [2.05, 4.69) is 45.3 Å². The average Bonchev–Trinajstić information content (AvgIpc) is 2.03. The number of hydrogen-bond donors (Lipinski definition) is 0. The maximum atomic E-state index is 4.22. The van der Waals surface area contributed by atoms with Crippen molar-refractivity contribution in [3.05, 3.63) is 24.4 Å². The molecule has 0 aliphatic carbocycles. The first-order valence-corrected chi connectivity index (χ1v) is 4.47. The number of rotatable bonds is 4. The van der Waals surface area contributed by atoms with Crippen LogP contribution in [0.25, 0.3) is 0 Å². The molecule has 0 bridgehead atoms. The third-order valence-corrected chi connectivity index (χ3v) is 1.78. The number of hydrogen-bond acceptors (Lipinski definition) is 1. The van der Waals surface area contributed by atoms with Gasteiger partial charge in [0.15, 0.2) is 0 Å². The molecule has 1 heteroatoms. The van der Waals surface area contributed by atoms with Gasteiger partial charge in [0.1, 0.15) is 0 Å². The summed E-state index contributed by atoms with van der Waals surface area (Å²) in [5, 5.41) is 0. The lowest BCUT2D eigenvalue weighted by atomic mass is 10.0.